The standard InChI is InChI=1S/C9H18N2O3/c1-7(12)11(2)8(9(13)14)5-3-4-6-10/h8H,3-6,10H2,1-2H3,(H,13,14)/t8-/m0/s1/i1D. The Morgan fingerprint density at radius 3 is 2.64 bits per heavy atom. The topological polar surface area (TPSA) is 83.6 Å². The molecule has 0 rings (SSSR count). The predicted molar refractivity (Wildman–Crippen MR) is 52.8 cm³/mol. The van der Waals surface area contributed by atoms with Crippen LogP contribution in [-0.4, -0.2) is 41.5 Å². The molecule has 3 N–H and O–H groups in total. The minimum absolute atomic E-state index is 0.384. The summed E-state index contributed by atoms with van der Waals surface area (Å²) in [5.74, 6) is -1.51. The highest BCUT2D eigenvalue weighted by molar-refractivity contribution is 5.81. The molecule has 0 fully saturated rings. The third-order valence-electron chi connectivity index (χ3n) is 2.08. The molecule has 0 aromatic rings. The maximum absolute atomic E-state index is 11.1. The molecule has 0 saturated carbocycles. The Hall–Kier alpha value is -1.10. The molecule has 0 heterocycles. The van der Waals surface area contributed by atoms with Crippen LogP contribution >= 0.6 is 0 Å². The van der Waals surface area contributed by atoms with E-state index in [1.807, 2.05) is 0 Å². The molecule has 82 valence electrons. The number of nitrogens with zero attached hydrogens (tertiary/aromatic N) is 1. The average molecular weight is 203 g/mol. The highest BCUT2D eigenvalue weighted by atomic mass is 16.4. The van der Waals surface area contributed by atoms with Crippen LogP contribution in [0.15, 0.2) is 0 Å². The molecule has 0 unspecified atom stereocenters. The Morgan fingerprint density at radius 1 is 1.57 bits per heavy atom. The number of aliphatic carboxylic acids is 1. The molecular weight excluding hydrogens is 184 g/mol. The quantitative estimate of drug-likeness (QED) is 0.597. The summed E-state index contributed by atoms with van der Waals surface area (Å²) in [7, 11) is 1.41. The molecular formula is C9H18N2O3. The molecule has 0 spiro atoms. The molecule has 0 aliphatic heterocycles. The highest BCUT2D eigenvalue weighted by Crippen LogP contribution is 2.07. The fourth-order valence-corrected chi connectivity index (χ4v) is 1.14. The highest BCUT2D eigenvalue weighted by Gasteiger charge is 2.23. The van der Waals surface area contributed by atoms with Crippen LogP contribution in [0.4, 0.5) is 0 Å². The van der Waals surface area contributed by atoms with Gasteiger partial charge in [-0.1, -0.05) is 0 Å². The number of unbranched alkanes of at least 4 members (excludes halogenated alkanes) is 1. The Kier molecular flexibility index (Phi) is 4.99. The van der Waals surface area contributed by atoms with Gasteiger partial charge < -0.3 is 15.7 Å². The molecule has 0 aromatic heterocycles. The van der Waals surface area contributed by atoms with Gasteiger partial charge in [-0.2, -0.15) is 0 Å². The van der Waals surface area contributed by atoms with E-state index in [0.29, 0.717) is 19.4 Å². The SMILES string of the molecule is [2H]CC(=O)N(C)[C@@H](CCCCN)C(=O)O. The van der Waals surface area contributed by atoms with Gasteiger partial charge in [-0.3, -0.25) is 4.79 Å². The van der Waals surface area contributed by atoms with Gasteiger partial charge in [-0.25, -0.2) is 4.79 Å². The largest absolute Gasteiger partial charge is 0.480 e. The zero-order valence-corrected chi connectivity index (χ0v) is 8.40. The molecule has 1 atom stereocenters. The second-order valence-corrected chi connectivity index (χ2v) is 3.14. The number of carboxylic acid groups (broad SMARTS) is 1. The number of nitrogens with two attached hydrogens (primary N) is 1. The zero-order chi connectivity index (χ0) is 11.8. The number of rotatable bonds is 6. The predicted octanol–water partition coefficient (Wildman–Crippen LogP) is 0.0469. The van der Waals surface area contributed by atoms with Crippen LogP contribution in [0.2, 0.25) is 0 Å². The lowest BCUT2D eigenvalue weighted by Crippen LogP contribution is -2.41. The van der Waals surface area contributed by atoms with E-state index in [1.54, 1.807) is 0 Å². The summed E-state index contributed by atoms with van der Waals surface area (Å²) in [5, 5.41) is 8.90. The Labute approximate surface area is 85.3 Å². The third-order valence-corrected chi connectivity index (χ3v) is 2.08. The summed E-state index contributed by atoms with van der Waals surface area (Å²) >= 11 is 0. The van der Waals surface area contributed by atoms with E-state index in [4.69, 9.17) is 12.2 Å². The van der Waals surface area contributed by atoms with Crippen molar-refractivity contribution in [2.75, 3.05) is 13.6 Å². The first-order valence-electron chi connectivity index (χ1n) is 5.23. The zero-order valence-electron chi connectivity index (χ0n) is 9.40. The molecule has 0 aliphatic rings. The van der Waals surface area contributed by atoms with Crippen molar-refractivity contribution >= 4 is 11.9 Å². The van der Waals surface area contributed by atoms with Gasteiger partial charge in [-0.15, -0.1) is 0 Å². The Balaban J connectivity index is 4.25. The van der Waals surface area contributed by atoms with Crippen molar-refractivity contribution in [3.63, 3.8) is 0 Å². The minimum atomic E-state index is -1.03. The van der Waals surface area contributed by atoms with Gasteiger partial charge >= 0.3 is 5.97 Å². The minimum Gasteiger partial charge on any atom is -0.480 e. The number of amides is 1. The van der Waals surface area contributed by atoms with Crippen LogP contribution in [0.3, 0.4) is 0 Å². The summed E-state index contributed by atoms with van der Waals surface area (Å²) in [6.45, 7) is 0.0968. The molecule has 0 bridgehead atoms. The van der Waals surface area contributed by atoms with E-state index in [-0.39, 0.29) is 0 Å². The molecule has 14 heavy (non-hydrogen) atoms. The van der Waals surface area contributed by atoms with Crippen LogP contribution in [0, 0.1) is 0 Å². The second-order valence-electron chi connectivity index (χ2n) is 3.14. The number of hydrogen-bond acceptors (Lipinski definition) is 3. The van der Waals surface area contributed by atoms with Gasteiger partial charge in [-0.05, 0) is 25.8 Å². The maximum Gasteiger partial charge on any atom is 0.326 e. The first kappa shape index (κ1) is 11.0. The number of carboxylic acids is 1. The number of carbonyl (C=O) groups is 2. The molecule has 5 heteroatoms. The van der Waals surface area contributed by atoms with Gasteiger partial charge in [0.2, 0.25) is 5.91 Å². The second kappa shape index (κ2) is 6.37. The van der Waals surface area contributed by atoms with Crippen LogP contribution in [0.25, 0.3) is 0 Å². The van der Waals surface area contributed by atoms with Gasteiger partial charge in [0, 0.05) is 15.3 Å². The Bertz CT molecular complexity index is 223. The first-order chi connectivity index (χ1) is 7.04. The molecule has 0 radical (unpaired) electrons. The van der Waals surface area contributed by atoms with E-state index in [0.717, 1.165) is 11.3 Å². The normalized spacial score (nSPS) is 13.1. The Morgan fingerprint density at radius 2 is 2.21 bits per heavy atom. The maximum atomic E-state index is 11.1. The van der Waals surface area contributed by atoms with Crippen LogP contribution in [-0.2, 0) is 9.59 Å². The summed E-state index contributed by atoms with van der Waals surface area (Å²) in [4.78, 5) is 23.1. The lowest BCUT2D eigenvalue weighted by Gasteiger charge is -2.23. The number of carbonyl (C=O) groups excluding carboxylic acids is 1. The lowest BCUT2D eigenvalue weighted by atomic mass is 10.1. The number of hydrogen-bond donors (Lipinski definition) is 2. The fraction of sp³-hybridized carbons (Fsp3) is 0.778. The van der Waals surface area contributed by atoms with E-state index >= 15 is 0 Å². The van der Waals surface area contributed by atoms with E-state index in [9.17, 15) is 9.59 Å². The molecule has 1 amide bonds. The summed E-state index contributed by atoms with van der Waals surface area (Å²) in [6.07, 6.45) is 1.80. The van der Waals surface area contributed by atoms with Crippen molar-refractivity contribution in [2.24, 2.45) is 5.73 Å². The van der Waals surface area contributed by atoms with Gasteiger partial charge in [0.15, 0.2) is 0 Å². The van der Waals surface area contributed by atoms with Crippen LogP contribution in [0.5, 0.6) is 0 Å². The van der Waals surface area contributed by atoms with Gasteiger partial charge in [0.1, 0.15) is 6.04 Å². The average Bonchev–Trinajstić information content (AvgIpc) is 2.22. The van der Waals surface area contributed by atoms with Crippen LogP contribution < -0.4 is 5.73 Å². The molecule has 5 nitrogen and oxygen atoms in total. The monoisotopic (exact) mass is 203 g/mol. The lowest BCUT2D eigenvalue weighted by molar-refractivity contribution is -0.148. The van der Waals surface area contributed by atoms with E-state index < -0.39 is 24.8 Å². The van der Waals surface area contributed by atoms with Crippen LogP contribution in [0.1, 0.15) is 27.5 Å². The summed E-state index contributed by atoms with van der Waals surface area (Å²) < 4.78 is 6.88. The third kappa shape index (κ3) is 4.23. The van der Waals surface area contributed by atoms with Crippen molar-refractivity contribution in [3.8, 4) is 0 Å². The summed E-state index contributed by atoms with van der Waals surface area (Å²) in [5.41, 5.74) is 5.29. The van der Waals surface area contributed by atoms with Crippen molar-refractivity contribution < 1.29 is 16.1 Å². The van der Waals surface area contributed by atoms with Crippen molar-refractivity contribution in [2.45, 2.75) is 32.2 Å². The van der Waals surface area contributed by atoms with Crippen molar-refractivity contribution in [1.82, 2.24) is 4.90 Å². The van der Waals surface area contributed by atoms with E-state index in [1.165, 1.54) is 7.05 Å². The smallest absolute Gasteiger partial charge is 0.326 e. The van der Waals surface area contributed by atoms with Crippen molar-refractivity contribution in [3.05, 3.63) is 0 Å². The van der Waals surface area contributed by atoms with E-state index in [2.05, 4.69) is 0 Å². The van der Waals surface area contributed by atoms with Crippen molar-refractivity contribution in [1.29, 1.82) is 0 Å². The molecule has 0 aliphatic carbocycles. The molecule has 0 saturated heterocycles. The van der Waals surface area contributed by atoms with Gasteiger partial charge in [0.25, 0.3) is 0 Å². The van der Waals surface area contributed by atoms with Gasteiger partial charge in [0.05, 0.1) is 0 Å². The fourth-order valence-electron chi connectivity index (χ4n) is 1.14. The number of likely N-dealkylation sites (N-methyl/N-ethyl adjacent to an activating group) is 1. The molecule has 0 aromatic carbocycles. The first-order valence-corrected chi connectivity index (χ1v) is 4.52. The summed E-state index contributed by atoms with van der Waals surface area (Å²) in [6, 6.07) is -0.839.